The number of halogens is 1. The fourth-order valence-electron chi connectivity index (χ4n) is 2.11. The highest BCUT2D eigenvalue weighted by molar-refractivity contribution is 7.80. The molecular formula is C19H22ClN3O3S. The van der Waals surface area contributed by atoms with E-state index in [4.69, 9.17) is 38.0 Å². The molecule has 0 bridgehead atoms. The van der Waals surface area contributed by atoms with Gasteiger partial charge in [-0.25, -0.2) is 0 Å². The Bertz CT molecular complexity index is 798. The fraction of sp³-hybridized carbons (Fsp3) is 0.263. The molecule has 0 aliphatic carbocycles. The average Bonchev–Trinajstić information content (AvgIpc) is 2.67. The van der Waals surface area contributed by atoms with Crippen LogP contribution in [0.3, 0.4) is 0 Å². The molecule has 0 unspecified atom stereocenters. The van der Waals surface area contributed by atoms with Crippen molar-refractivity contribution in [2.24, 2.45) is 5.10 Å². The molecule has 0 atom stereocenters. The minimum Gasteiger partial charge on any atom is -0.493 e. The highest BCUT2D eigenvalue weighted by atomic mass is 35.5. The predicted octanol–water partition coefficient (Wildman–Crippen LogP) is 3.54. The number of methoxy groups -OCH3 is 1. The van der Waals surface area contributed by atoms with Crippen LogP contribution in [0.25, 0.3) is 0 Å². The van der Waals surface area contributed by atoms with Gasteiger partial charge >= 0.3 is 0 Å². The Morgan fingerprint density at radius 2 is 1.89 bits per heavy atom. The quantitative estimate of drug-likeness (QED) is 0.302. The summed E-state index contributed by atoms with van der Waals surface area (Å²) in [5.74, 6) is 1.76. The number of nitrogens with one attached hydrogen (secondary N) is 2. The van der Waals surface area contributed by atoms with Gasteiger partial charge in [0, 0.05) is 7.05 Å². The molecule has 144 valence electrons. The van der Waals surface area contributed by atoms with Gasteiger partial charge in [0.15, 0.2) is 16.6 Å². The van der Waals surface area contributed by atoms with Crippen LogP contribution in [0.2, 0.25) is 5.02 Å². The summed E-state index contributed by atoms with van der Waals surface area (Å²) in [6.45, 7) is 2.74. The van der Waals surface area contributed by atoms with E-state index < -0.39 is 0 Å². The van der Waals surface area contributed by atoms with E-state index in [1.807, 2.05) is 31.2 Å². The maximum atomic E-state index is 6.33. The van der Waals surface area contributed by atoms with E-state index in [-0.39, 0.29) is 0 Å². The molecule has 0 aliphatic heterocycles. The minimum absolute atomic E-state index is 0.329. The first-order chi connectivity index (χ1) is 13.0. The Labute approximate surface area is 169 Å². The van der Waals surface area contributed by atoms with E-state index in [0.29, 0.717) is 34.8 Å². The van der Waals surface area contributed by atoms with E-state index in [1.54, 1.807) is 32.5 Å². The average molecular weight is 408 g/mol. The van der Waals surface area contributed by atoms with Crippen LogP contribution >= 0.6 is 23.8 Å². The maximum absolute atomic E-state index is 6.33. The van der Waals surface area contributed by atoms with Crippen molar-refractivity contribution in [2.45, 2.75) is 6.92 Å². The zero-order chi connectivity index (χ0) is 19.6. The summed E-state index contributed by atoms with van der Waals surface area (Å²) in [5, 5.41) is 7.61. The van der Waals surface area contributed by atoms with Gasteiger partial charge in [-0.3, -0.25) is 5.43 Å². The second-order valence-electron chi connectivity index (χ2n) is 5.49. The fourth-order valence-corrected chi connectivity index (χ4v) is 2.44. The molecule has 0 aromatic heterocycles. The van der Waals surface area contributed by atoms with E-state index in [2.05, 4.69) is 15.8 Å². The Balaban J connectivity index is 1.95. The maximum Gasteiger partial charge on any atom is 0.186 e. The van der Waals surface area contributed by atoms with Crippen molar-refractivity contribution in [1.29, 1.82) is 0 Å². The summed E-state index contributed by atoms with van der Waals surface area (Å²) in [6.07, 6.45) is 1.59. The van der Waals surface area contributed by atoms with E-state index in [9.17, 15) is 0 Å². The second-order valence-corrected chi connectivity index (χ2v) is 6.31. The van der Waals surface area contributed by atoms with Crippen molar-refractivity contribution >= 4 is 35.1 Å². The number of rotatable bonds is 8. The van der Waals surface area contributed by atoms with Gasteiger partial charge in [0.05, 0.1) is 18.3 Å². The van der Waals surface area contributed by atoms with Gasteiger partial charge in [-0.2, -0.15) is 5.10 Å². The predicted molar refractivity (Wildman–Crippen MR) is 113 cm³/mol. The summed E-state index contributed by atoms with van der Waals surface area (Å²) in [7, 11) is 3.26. The molecule has 0 aliphatic rings. The molecule has 0 saturated carbocycles. The molecule has 6 nitrogen and oxygen atoms in total. The van der Waals surface area contributed by atoms with Crippen molar-refractivity contribution < 1.29 is 14.2 Å². The highest BCUT2D eigenvalue weighted by Crippen LogP contribution is 2.36. The standard InChI is InChI=1S/C19H22ClN3O3S/c1-13-4-6-15(7-5-13)25-8-9-26-18-16(20)10-14(11-17(18)24-3)12-22-23-19(27)21-2/h4-7,10-12H,8-9H2,1-3H3,(H2,21,23,27)/b22-12-. The van der Waals surface area contributed by atoms with E-state index in [1.165, 1.54) is 5.56 Å². The number of hydrazone groups is 1. The summed E-state index contributed by atoms with van der Waals surface area (Å²) >= 11 is 11.3. The van der Waals surface area contributed by atoms with Gasteiger partial charge in [-0.05, 0) is 49.0 Å². The molecule has 0 radical (unpaired) electrons. The van der Waals surface area contributed by atoms with Crippen molar-refractivity contribution in [3.8, 4) is 17.2 Å². The lowest BCUT2D eigenvalue weighted by Gasteiger charge is -2.14. The van der Waals surface area contributed by atoms with E-state index in [0.717, 1.165) is 11.3 Å². The number of thiocarbonyl (C=S) groups is 1. The topological polar surface area (TPSA) is 64.1 Å². The minimum atomic E-state index is 0.329. The zero-order valence-electron chi connectivity index (χ0n) is 15.4. The van der Waals surface area contributed by atoms with Gasteiger partial charge in [-0.15, -0.1) is 0 Å². The molecule has 2 rings (SSSR count). The second kappa shape index (κ2) is 10.6. The lowest BCUT2D eigenvalue weighted by molar-refractivity contribution is 0.211. The van der Waals surface area contributed by atoms with Crippen molar-refractivity contribution in [3.63, 3.8) is 0 Å². The lowest BCUT2D eigenvalue weighted by atomic mass is 10.2. The van der Waals surface area contributed by atoms with Crippen molar-refractivity contribution in [1.82, 2.24) is 10.7 Å². The molecule has 8 heteroatoms. The van der Waals surface area contributed by atoms with Crippen molar-refractivity contribution in [2.75, 3.05) is 27.4 Å². The van der Waals surface area contributed by atoms with Gasteiger partial charge in [-0.1, -0.05) is 29.3 Å². The van der Waals surface area contributed by atoms with Crippen LogP contribution in [0.4, 0.5) is 0 Å². The molecule has 0 amide bonds. The first-order valence-corrected chi connectivity index (χ1v) is 9.02. The van der Waals surface area contributed by atoms with Crippen molar-refractivity contribution in [3.05, 3.63) is 52.5 Å². The normalized spacial score (nSPS) is 10.5. The van der Waals surface area contributed by atoms with Gasteiger partial charge < -0.3 is 19.5 Å². The molecule has 27 heavy (non-hydrogen) atoms. The number of nitrogens with zero attached hydrogens (tertiary/aromatic N) is 1. The third-order valence-electron chi connectivity index (χ3n) is 3.48. The number of aryl methyl sites for hydroxylation is 1. The third kappa shape index (κ3) is 6.62. The monoisotopic (exact) mass is 407 g/mol. The van der Waals surface area contributed by atoms with Gasteiger partial charge in [0.1, 0.15) is 19.0 Å². The summed E-state index contributed by atoms with van der Waals surface area (Å²) in [4.78, 5) is 0. The Kier molecular flexibility index (Phi) is 8.16. The third-order valence-corrected chi connectivity index (χ3v) is 4.05. The number of hydrogen-bond acceptors (Lipinski definition) is 5. The summed E-state index contributed by atoms with van der Waals surface area (Å²) in [5.41, 5.74) is 4.60. The van der Waals surface area contributed by atoms with E-state index >= 15 is 0 Å². The van der Waals surface area contributed by atoms with Crippen LogP contribution in [0.5, 0.6) is 17.2 Å². The van der Waals surface area contributed by atoms with Crippen LogP contribution in [-0.2, 0) is 0 Å². The first-order valence-electron chi connectivity index (χ1n) is 8.24. The SMILES string of the molecule is CNC(=S)N/N=C\c1cc(Cl)c(OCCOc2ccc(C)cc2)c(OC)c1. The number of ether oxygens (including phenoxy) is 3. The molecule has 2 aromatic rings. The lowest BCUT2D eigenvalue weighted by Crippen LogP contribution is -2.28. The summed E-state index contributed by atoms with van der Waals surface area (Å²) in [6, 6.07) is 11.3. The molecular weight excluding hydrogens is 386 g/mol. The largest absolute Gasteiger partial charge is 0.493 e. The van der Waals surface area contributed by atoms with Crippen LogP contribution in [0.1, 0.15) is 11.1 Å². The molecule has 0 spiro atoms. The van der Waals surface area contributed by atoms with Crippen LogP contribution < -0.4 is 25.0 Å². The summed E-state index contributed by atoms with van der Waals surface area (Å²) < 4.78 is 16.8. The number of benzene rings is 2. The molecule has 0 saturated heterocycles. The van der Waals surface area contributed by atoms with Gasteiger partial charge in [0.25, 0.3) is 0 Å². The molecule has 0 fully saturated rings. The Morgan fingerprint density at radius 1 is 1.19 bits per heavy atom. The Hall–Kier alpha value is -2.51. The highest BCUT2D eigenvalue weighted by Gasteiger charge is 2.11. The van der Waals surface area contributed by atoms with Crippen LogP contribution in [-0.4, -0.2) is 38.7 Å². The molecule has 0 heterocycles. The Morgan fingerprint density at radius 3 is 2.56 bits per heavy atom. The molecule has 2 N–H and O–H groups in total. The number of hydrogen-bond donors (Lipinski definition) is 2. The zero-order valence-corrected chi connectivity index (χ0v) is 17.0. The van der Waals surface area contributed by atoms with Crippen LogP contribution in [0, 0.1) is 6.92 Å². The smallest absolute Gasteiger partial charge is 0.186 e. The van der Waals surface area contributed by atoms with Gasteiger partial charge in [0.2, 0.25) is 0 Å². The van der Waals surface area contributed by atoms with Crippen LogP contribution in [0.15, 0.2) is 41.5 Å². The first kappa shape index (κ1) is 20.8. The molecule has 2 aromatic carbocycles.